The maximum Gasteiger partial charge on any atom is 0.257 e. The number of pyridine rings is 1. The topological polar surface area (TPSA) is 59.8 Å². The van der Waals surface area contributed by atoms with Crippen molar-refractivity contribution in [3.8, 4) is 11.1 Å². The summed E-state index contributed by atoms with van der Waals surface area (Å²) < 4.78 is 1.72. The van der Waals surface area contributed by atoms with Crippen molar-refractivity contribution in [2.45, 2.75) is 6.92 Å². The highest BCUT2D eigenvalue weighted by atomic mass is 16.1. The lowest BCUT2D eigenvalue weighted by Gasteiger charge is -2.11. The van der Waals surface area contributed by atoms with E-state index in [4.69, 9.17) is 0 Å². The molecule has 0 unspecified atom stereocenters. The molecule has 0 fully saturated rings. The van der Waals surface area contributed by atoms with Gasteiger partial charge in [0, 0.05) is 29.9 Å². The second kappa shape index (κ2) is 6.44. The number of hydrogen-bond donors (Lipinski definition) is 1. The predicted octanol–water partition coefficient (Wildman–Crippen LogP) is 4.20. The minimum Gasteiger partial charge on any atom is -0.321 e. The molecule has 0 saturated heterocycles. The zero-order valence-corrected chi connectivity index (χ0v) is 14.6. The zero-order valence-electron chi connectivity index (χ0n) is 14.6. The van der Waals surface area contributed by atoms with Crippen LogP contribution >= 0.6 is 0 Å². The number of nitrogens with one attached hydrogen (secondary N) is 1. The third-order valence-electron chi connectivity index (χ3n) is 4.39. The second-order valence-corrected chi connectivity index (χ2v) is 6.17. The summed E-state index contributed by atoms with van der Waals surface area (Å²) in [5.74, 6) is -0.189. The van der Waals surface area contributed by atoms with Crippen LogP contribution in [0.25, 0.3) is 22.2 Å². The Labute approximate surface area is 151 Å². The summed E-state index contributed by atoms with van der Waals surface area (Å²) in [6.45, 7) is 1.91. The number of aromatic nitrogens is 3. The van der Waals surface area contributed by atoms with Gasteiger partial charge in [-0.25, -0.2) is 4.98 Å². The number of carbonyl (C=O) groups excluding carboxylic acids is 1. The van der Waals surface area contributed by atoms with Crippen LogP contribution in [-0.2, 0) is 7.05 Å². The van der Waals surface area contributed by atoms with Crippen LogP contribution in [0, 0.1) is 6.92 Å². The van der Waals surface area contributed by atoms with Gasteiger partial charge in [-0.15, -0.1) is 0 Å². The average molecular weight is 342 g/mol. The van der Waals surface area contributed by atoms with Crippen molar-refractivity contribution in [3.05, 3.63) is 78.1 Å². The maximum absolute atomic E-state index is 12.8. The van der Waals surface area contributed by atoms with Gasteiger partial charge in [-0.3, -0.25) is 9.48 Å². The van der Waals surface area contributed by atoms with Crippen LogP contribution < -0.4 is 5.32 Å². The molecule has 0 spiro atoms. The monoisotopic (exact) mass is 342 g/mol. The molecule has 0 aliphatic carbocycles. The van der Waals surface area contributed by atoms with Crippen LogP contribution in [0.15, 0.2) is 66.9 Å². The number of nitrogens with zero attached hydrogens (tertiary/aromatic N) is 3. The molecule has 1 amide bonds. The van der Waals surface area contributed by atoms with E-state index in [0.717, 1.165) is 33.5 Å². The maximum atomic E-state index is 12.8. The van der Waals surface area contributed by atoms with E-state index in [0.29, 0.717) is 5.56 Å². The molecule has 5 nitrogen and oxygen atoms in total. The predicted molar refractivity (Wildman–Crippen MR) is 103 cm³/mol. The van der Waals surface area contributed by atoms with Gasteiger partial charge < -0.3 is 5.32 Å². The molecule has 0 saturated carbocycles. The van der Waals surface area contributed by atoms with Gasteiger partial charge in [-0.05, 0) is 24.6 Å². The number of para-hydroxylation sites is 1. The molecule has 0 aliphatic rings. The number of amides is 1. The highest BCUT2D eigenvalue weighted by Gasteiger charge is 2.13. The number of hydrogen-bond acceptors (Lipinski definition) is 3. The molecule has 2 aromatic carbocycles. The smallest absolute Gasteiger partial charge is 0.257 e. The molecule has 0 atom stereocenters. The number of fused-ring (bicyclic) bond motifs is 1. The zero-order chi connectivity index (χ0) is 18.1. The fourth-order valence-corrected chi connectivity index (χ4v) is 3.09. The Balaban J connectivity index is 1.68. The van der Waals surface area contributed by atoms with E-state index in [2.05, 4.69) is 15.4 Å². The quantitative estimate of drug-likeness (QED) is 0.607. The molecule has 4 aromatic rings. The highest BCUT2D eigenvalue weighted by Crippen LogP contribution is 2.28. The van der Waals surface area contributed by atoms with E-state index < -0.39 is 0 Å². The first-order chi connectivity index (χ1) is 12.6. The molecule has 0 bridgehead atoms. The van der Waals surface area contributed by atoms with Gasteiger partial charge in [0.15, 0.2) is 5.65 Å². The molecule has 26 heavy (non-hydrogen) atoms. The number of aryl methyl sites for hydroxylation is 2. The molecule has 5 heteroatoms. The molecule has 0 radical (unpaired) electrons. The lowest BCUT2D eigenvalue weighted by Crippen LogP contribution is -2.13. The number of rotatable bonds is 3. The van der Waals surface area contributed by atoms with Crippen LogP contribution in [0.5, 0.6) is 0 Å². The first-order valence-corrected chi connectivity index (χ1v) is 8.38. The fourth-order valence-electron chi connectivity index (χ4n) is 3.09. The standard InChI is InChI=1S/C21H18N4O/c1-14-18-12-16(13-22-20(18)25(2)24-14)21(26)23-19-11-7-6-10-17(19)15-8-4-3-5-9-15/h3-13H,1-2H3,(H,23,26). The Bertz CT molecular complexity index is 1100. The van der Waals surface area contributed by atoms with Gasteiger partial charge in [0.1, 0.15) is 0 Å². The van der Waals surface area contributed by atoms with Crippen LogP contribution in [0.4, 0.5) is 5.69 Å². The molecule has 4 rings (SSSR count). The Morgan fingerprint density at radius 1 is 1.04 bits per heavy atom. The summed E-state index contributed by atoms with van der Waals surface area (Å²) in [7, 11) is 1.85. The summed E-state index contributed by atoms with van der Waals surface area (Å²) in [5, 5.41) is 8.25. The van der Waals surface area contributed by atoms with Crippen molar-refractivity contribution < 1.29 is 4.79 Å². The first-order valence-electron chi connectivity index (χ1n) is 8.38. The number of benzene rings is 2. The van der Waals surface area contributed by atoms with Crippen molar-refractivity contribution >= 4 is 22.6 Å². The van der Waals surface area contributed by atoms with Gasteiger partial charge in [-0.1, -0.05) is 48.5 Å². The Kier molecular flexibility index (Phi) is 3.97. The van der Waals surface area contributed by atoms with E-state index >= 15 is 0 Å². The Hall–Kier alpha value is -3.47. The average Bonchev–Trinajstić information content (AvgIpc) is 2.96. The van der Waals surface area contributed by atoms with E-state index in [1.807, 2.05) is 74.6 Å². The number of carbonyl (C=O) groups is 1. The van der Waals surface area contributed by atoms with Crippen molar-refractivity contribution in [2.75, 3.05) is 5.32 Å². The van der Waals surface area contributed by atoms with Gasteiger partial charge in [0.05, 0.1) is 11.3 Å². The van der Waals surface area contributed by atoms with E-state index in [9.17, 15) is 4.79 Å². The Morgan fingerprint density at radius 2 is 1.77 bits per heavy atom. The summed E-state index contributed by atoms with van der Waals surface area (Å²) in [4.78, 5) is 17.2. The van der Waals surface area contributed by atoms with Crippen LogP contribution in [0.2, 0.25) is 0 Å². The summed E-state index contributed by atoms with van der Waals surface area (Å²) >= 11 is 0. The molecular weight excluding hydrogens is 324 g/mol. The molecule has 128 valence electrons. The summed E-state index contributed by atoms with van der Waals surface area (Å²) in [6.07, 6.45) is 1.59. The van der Waals surface area contributed by atoms with Crippen molar-refractivity contribution in [1.82, 2.24) is 14.8 Å². The minimum atomic E-state index is -0.189. The molecule has 2 heterocycles. The van der Waals surface area contributed by atoms with E-state index in [1.165, 1.54) is 0 Å². The van der Waals surface area contributed by atoms with E-state index in [-0.39, 0.29) is 5.91 Å². The minimum absolute atomic E-state index is 0.189. The normalized spacial score (nSPS) is 10.8. The third-order valence-corrected chi connectivity index (χ3v) is 4.39. The molecular formula is C21H18N4O. The third kappa shape index (κ3) is 2.84. The van der Waals surface area contributed by atoms with Crippen molar-refractivity contribution in [3.63, 3.8) is 0 Å². The fraction of sp³-hybridized carbons (Fsp3) is 0.0952. The van der Waals surface area contributed by atoms with Gasteiger partial charge in [-0.2, -0.15) is 5.10 Å². The van der Waals surface area contributed by atoms with Crippen LogP contribution in [0.1, 0.15) is 16.1 Å². The Morgan fingerprint density at radius 3 is 2.58 bits per heavy atom. The van der Waals surface area contributed by atoms with Crippen molar-refractivity contribution in [2.24, 2.45) is 7.05 Å². The summed E-state index contributed by atoms with van der Waals surface area (Å²) in [6, 6.07) is 19.6. The highest BCUT2D eigenvalue weighted by molar-refractivity contribution is 6.07. The largest absolute Gasteiger partial charge is 0.321 e. The lowest BCUT2D eigenvalue weighted by molar-refractivity contribution is 0.102. The molecule has 1 N–H and O–H groups in total. The van der Waals surface area contributed by atoms with Crippen molar-refractivity contribution in [1.29, 1.82) is 0 Å². The molecule has 2 aromatic heterocycles. The van der Waals surface area contributed by atoms with Gasteiger partial charge in [0.25, 0.3) is 5.91 Å². The lowest BCUT2D eigenvalue weighted by atomic mass is 10.0. The van der Waals surface area contributed by atoms with Crippen LogP contribution in [-0.4, -0.2) is 20.7 Å². The first kappa shape index (κ1) is 16.0. The second-order valence-electron chi connectivity index (χ2n) is 6.17. The molecule has 0 aliphatic heterocycles. The summed E-state index contributed by atoms with van der Waals surface area (Å²) in [5.41, 5.74) is 4.94. The van der Waals surface area contributed by atoms with Gasteiger partial charge in [0.2, 0.25) is 0 Å². The van der Waals surface area contributed by atoms with Gasteiger partial charge >= 0.3 is 0 Å². The number of anilines is 1. The SMILES string of the molecule is Cc1nn(C)c2ncc(C(=O)Nc3ccccc3-c3ccccc3)cc12. The van der Waals surface area contributed by atoms with Crippen LogP contribution in [0.3, 0.4) is 0 Å². The van der Waals surface area contributed by atoms with E-state index in [1.54, 1.807) is 10.9 Å².